The SMILES string of the molecule is OCc1ccc2ccccc2c1S. The van der Waals surface area contributed by atoms with Gasteiger partial charge in [-0.1, -0.05) is 36.4 Å². The minimum Gasteiger partial charge on any atom is -0.392 e. The second-order valence-electron chi connectivity index (χ2n) is 2.95. The molecule has 2 heteroatoms. The quantitative estimate of drug-likeness (QED) is 0.662. The maximum absolute atomic E-state index is 9.03. The lowest BCUT2D eigenvalue weighted by atomic mass is 10.1. The van der Waals surface area contributed by atoms with Crippen LogP contribution in [-0.4, -0.2) is 5.11 Å². The number of hydrogen-bond acceptors (Lipinski definition) is 2. The summed E-state index contributed by atoms with van der Waals surface area (Å²) in [5.41, 5.74) is 0.877. The summed E-state index contributed by atoms with van der Waals surface area (Å²) >= 11 is 4.38. The van der Waals surface area contributed by atoms with E-state index in [1.807, 2.05) is 36.4 Å². The molecule has 0 fully saturated rings. The molecule has 0 amide bonds. The molecule has 66 valence electrons. The number of hydrogen-bond donors (Lipinski definition) is 2. The van der Waals surface area contributed by atoms with Crippen LogP contribution in [0.1, 0.15) is 5.56 Å². The van der Waals surface area contributed by atoms with Crippen LogP contribution >= 0.6 is 12.6 Å². The first-order valence-corrected chi connectivity index (χ1v) is 4.58. The third-order valence-corrected chi connectivity index (χ3v) is 2.68. The third-order valence-electron chi connectivity index (χ3n) is 2.15. The van der Waals surface area contributed by atoms with Crippen LogP contribution in [0.2, 0.25) is 0 Å². The van der Waals surface area contributed by atoms with E-state index in [9.17, 15) is 0 Å². The summed E-state index contributed by atoms with van der Waals surface area (Å²) in [7, 11) is 0. The number of rotatable bonds is 1. The molecule has 2 rings (SSSR count). The number of aliphatic hydroxyl groups excluding tert-OH is 1. The summed E-state index contributed by atoms with van der Waals surface area (Å²) in [5, 5.41) is 11.3. The molecule has 1 N–H and O–H groups in total. The van der Waals surface area contributed by atoms with Gasteiger partial charge in [0.2, 0.25) is 0 Å². The standard InChI is InChI=1S/C11H10OS/c12-7-9-6-5-8-3-1-2-4-10(8)11(9)13/h1-6,12-13H,7H2. The number of aliphatic hydroxyl groups is 1. The monoisotopic (exact) mass is 190 g/mol. The highest BCUT2D eigenvalue weighted by atomic mass is 32.1. The molecule has 0 aliphatic carbocycles. The lowest BCUT2D eigenvalue weighted by Gasteiger charge is -2.05. The van der Waals surface area contributed by atoms with Gasteiger partial charge in [0, 0.05) is 4.90 Å². The predicted octanol–water partition coefficient (Wildman–Crippen LogP) is 2.62. The van der Waals surface area contributed by atoms with Crippen molar-refractivity contribution in [2.24, 2.45) is 0 Å². The first-order chi connectivity index (χ1) is 6.33. The zero-order chi connectivity index (χ0) is 9.26. The van der Waals surface area contributed by atoms with Gasteiger partial charge in [0.05, 0.1) is 6.61 Å². The van der Waals surface area contributed by atoms with E-state index in [2.05, 4.69) is 12.6 Å². The Morgan fingerprint density at radius 2 is 1.85 bits per heavy atom. The Kier molecular flexibility index (Phi) is 2.25. The molecule has 0 aromatic heterocycles. The van der Waals surface area contributed by atoms with E-state index in [0.29, 0.717) is 0 Å². The van der Waals surface area contributed by atoms with Crippen LogP contribution in [-0.2, 0) is 6.61 Å². The summed E-state index contributed by atoms with van der Waals surface area (Å²) in [6.45, 7) is 0.0453. The van der Waals surface area contributed by atoms with E-state index < -0.39 is 0 Å². The predicted molar refractivity (Wildman–Crippen MR) is 57.1 cm³/mol. The average Bonchev–Trinajstić information content (AvgIpc) is 2.19. The molecular weight excluding hydrogens is 180 g/mol. The maximum atomic E-state index is 9.03. The molecule has 2 aromatic rings. The third kappa shape index (κ3) is 1.43. The van der Waals surface area contributed by atoms with Gasteiger partial charge >= 0.3 is 0 Å². The molecule has 0 radical (unpaired) electrons. The van der Waals surface area contributed by atoms with Gasteiger partial charge in [0.25, 0.3) is 0 Å². The van der Waals surface area contributed by atoms with E-state index in [1.165, 1.54) is 0 Å². The van der Waals surface area contributed by atoms with Gasteiger partial charge in [-0.25, -0.2) is 0 Å². The second-order valence-corrected chi connectivity index (χ2v) is 3.40. The minimum absolute atomic E-state index is 0.0453. The van der Waals surface area contributed by atoms with Gasteiger partial charge in [0.15, 0.2) is 0 Å². The fraction of sp³-hybridized carbons (Fsp3) is 0.0909. The Balaban J connectivity index is 2.79. The topological polar surface area (TPSA) is 20.2 Å². The molecule has 0 aliphatic rings. The Morgan fingerprint density at radius 3 is 2.62 bits per heavy atom. The summed E-state index contributed by atoms with van der Waals surface area (Å²) in [6, 6.07) is 11.9. The highest BCUT2D eigenvalue weighted by molar-refractivity contribution is 7.80. The number of benzene rings is 2. The molecule has 1 nitrogen and oxygen atoms in total. The molecule has 0 spiro atoms. The first kappa shape index (κ1) is 8.60. The summed E-state index contributed by atoms with van der Waals surface area (Å²) in [4.78, 5) is 0.876. The van der Waals surface area contributed by atoms with Crippen LogP contribution in [0.5, 0.6) is 0 Å². The van der Waals surface area contributed by atoms with E-state index in [0.717, 1.165) is 21.2 Å². The van der Waals surface area contributed by atoms with Crippen molar-refractivity contribution < 1.29 is 5.11 Å². The van der Waals surface area contributed by atoms with Gasteiger partial charge in [-0.3, -0.25) is 0 Å². The number of thiol groups is 1. The van der Waals surface area contributed by atoms with Crippen molar-refractivity contribution in [3.05, 3.63) is 42.0 Å². The second kappa shape index (κ2) is 3.40. The minimum atomic E-state index is 0.0453. The summed E-state index contributed by atoms with van der Waals surface area (Å²) in [5.74, 6) is 0. The van der Waals surface area contributed by atoms with Crippen molar-refractivity contribution in [2.75, 3.05) is 0 Å². The zero-order valence-corrected chi connectivity index (χ0v) is 7.96. The Bertz CT molecular complexity index is 437. The average molecular weight is 190 g/mol. The first-order valence-electron chi connectivity index (χ1n) is 4.13. The van der Waals surface area contributed by atoms with Gasteiger partial charge in [0.1, 0.15) is 0 Å². The Morgan fingerprint density at radius 1 is 1.08 bits per heavy atom. The molecule has 2 aromatic carbocycles. The summed E-state index contributed by atoms with van der Waals surface area (Å²) < 4.78 is 0. The highest BCUT2D eigenvalue weighted by Crippen LogP contribution is 2.25. The normalized spacial score (nSPS) is 10.6. The Labute approximate surface area is 82.4 Å². The van der Waals surface area contributed by atoms with Crippen LogP contribution in [0.15, 0.2) is 41.3 Å². The molecule has 0 saturated carbocycles. The van der Waals surface area contributed by atoms with E-state index in [4.69, 9.17) is 5.11 Å². The van der Waals surface area contributed by atoms with Gasteiger partial charge < -0.3 is 5.11 Å². The molecule has 0 atom stereocenters. The lowest BCUT2D eigenvalue weighted by molar-refractivity contribution is 0.279. The lowest BCUT2D eigenvalue weighted by Crippen LogP contribution is -1.86. The summed E-state index contributed by atoms with van der Waals surface area (Å²) in [6.07, 6.45) is 0. The van der Waals surface area contributed by atoms with Crippen molar-refractivity contribution >= 4 is 23.4 Å². The highest BCUT2D eigenvalue weighted by Gasteiger charge is 2.01. The van der Waals surface area contributed by atoms with Crippen LogP contribution in [0.25, 0.3) is 10.8 Å². The molecule has 13 heavy (non-hydrogen) atoms. The molecule has 0 unspecified atom stereocenters. The molecule has 0 heterocycles. The van der Waals surface area contributed by atoms with E-state index >= 15 is 0 Å². The molecule has 0 aliphatic heterocycles. The van der Waals surface area contributed by atoms with E-state index in [-0.39, 0.29) is 6.61 Å². The fourth-order valence-electron chi connectivity index (χ4n) is 1.43. The van der Waals surface area contributed by atoms with Crippen LogP contribution in [0.4, 0.5) is 0 Å². The van der Waals surface area contributed by atoms with Crippen molar-refractivity contribution in [3.8, 4) is 0 Å². The smallest absolute Gasteiger partial charge is 0.0692 e. The van der Waals surface area contributed by atoms with Crippen LogP contribution in [0.3, 0.4) is 0 Å². The largest absolute Gasteiger partial charge is 0.392 e. The van der Waals surface area contributed by atoms with Crippen LogP contribution in [0, 0.1) is 0 Å². The van der Waals surface area contributed by atoms with Crippen molar-refractivity contribution in [1.29, 1.82) is 0 Å². The van der Waals surface area contributed by atoms with Crippen molar-refractivity contribution in [1.82, 2.24) is 0 Å². The van der Waals surface area contributed by atoms with E-state index in [1.54, 1.807) is 0 Å². The Hall–Kier alpha value is -0.990. The van der Waals surface area contributed by atoms with Crippen molar-refractivity contribution in [3.63, 3.8) is 0 Å². The van der Waals surface area contributed by atoms with Gasteiger partial charge in [-0.05, 0) is 16.3 Å². The van der Waals surface area contributed by atoms with Gasteiger partial charge in [-0.15, -0.1) is 12.6 Å². The molecule has 0 saturated heterocycles. The van der Waals surface area contributed by atoms with Crippen molar-refractivity contribution in [2.45, 2.75) is 11.5 Å². The molecule has 0 bridgehead atoms. The maximum Gasteiger partial charge on any atom is 0.0692 e. The zero-order valence-electron chi connectivity index (χ0n) is 7.07. The molecular formula is C11H10OS. The van der Waals surface area contributed by atoms with Gasteiger partial charge in [-0.2, -0.15) is 0 Å². The van der Waals surface area contributed by atoms with Crippen LogP contribution < -0.4 is 0 Å². The number of fused-ring (bicyclic) bond motifs is 1. The fourth-order valence-corrected chi connectivity index (χ4v) is 1.78.